The lowest BCUT2D eigenvalue weighted by Gasteiger charge is -2.05. The average molecular weight is 331 g/mol. The van der Waals surface area contributed by atoms with Crippen molar-refractivity contribution in [2.45, 2.75) is 19.8 Å². The topological polar surface area (TPSA) is 34.1 Å². The van der Waals surface area contributed by atoms with E-state index >= 15 is 0 Å². The second-order valence-electron chi connectivity index (χ2n) is 4.64. The monoisotopic (exact) mass is 330 g/mol. The fourth-order valence-electron chi connectivity index (χ4n) is 2.07. The standard InChI is InChI=1S/C17H15BrO2/c1-12-6-2-3-7-13(12)16(19)10-11-17(20)14-8-4-5-9-15(14)18/h2-9H,10-11H2,1H3. The molecule has 0 spiro atoms. The van der Waals surface area contributed by atoms with Crippen molar-refractivity contribution < 1.29 is 9.59 Å². The molecule has 0 aliphatic carbocycles. The Morgan fingerprint density at radius 2 is 1.35 bits per heavy atom. The Morgan fingerprint density at radius 1 is 0.850 bits per heavy atom. The van der Waals surface area contributed by atoms with Crippen LogP contribution < -0.4 is 0 Å². The summed E-state index contributed by atoms with van der Waals surface area (Å²) in [6, 6.07) is 14.7. The second kappa shape index (κ2) is 6.62. The van der Waals surface area contributed by atoms with Gasteiger partial charge in [0.1, 0.15) is 0 Å². The van der Waals surface area contributed by atoms with Gasteiger partial charge in [-0.15, -0.1) is 0 Å². The van der Waals surface area contributed by atoms with Gasteiger partial charge in [-0.3, -0.25) is 9.59 Å². The molecule has 2 aromatic carbocycles. The molecular weight excluding hydrogens is 316 g/mol. The molecule has 20 heavy (non-hydrogen) atoms. The van der Waals surface area contributed by atoms with Gasteiger partial charge < -0.3 is 0 Å². The normalized spacial score (nSPS) is 10.3. The molecule has 0 saturated heterocycles. The van der Waals surface area contributed by atoms with E-state index in [9.17, 15) is 9.59 Å². The van der Waals surface area contributed by atoms with Crippen LogP contribution in [0, 0.1) is 6.92 Å². The summed E-state index contributed by atoms with van der Waals surface area (Å²) in [5.74, 6) is 0.00270. The molecule has 0 unspecified atom stereocenters. The fraction of sp³-hybridized carbons (Fsp3) is 0.176. The molecule has 3 heteroatoms. The lowest BCUT2D eigenvalue weighted by Crippen LogP contribution is -2.07. The van der Waals surface area contributed by atoms with Crippen LogP contribution in [-0.2, 0) is 0 Å². The third kappa shape index (κ3) is 3.42. The van der Waals surface area contributed by atoms with Gasteiger partial charge in [-0.2, -0.15) is 0 Å². The zero-order chi connectivity index (χ0) is 14.5. The van der Waals surface area contributed by atoms with E-state index in [1.165, 1.54) is 0 Å². The molecule has 0 aliphatic rings. The first kappa shape index (κ1) is 14.7. The third-order valence-corrected chi connectivity index (χ3v) is 3.89. The number of benzene rings is 2. The maximum atomic E-state index is 12.1. The van der Waals surface area contributed by atoms with Crippen molar-refractivity contribution in [1.29, 1.82) is 0 Å². The minimum atomic E-state index is -0.0144. The Bertz CT molecular complexity index is 589. The molecule has 0 bridgehead atoms. The maximum absolute atomic E-state index is 12.1. The number of rotatable bonds is 5. The fourth-order valence-corrected chi connectivity index (χ4v) is 2.58. The van der Waals surface area contributed by atoms with Crippen molar-refractivity contribution in [3.8, 4) is 0 Å². The molecule has 0 amide bonds. The average Bonchev–Trinajstić information content (AvgIpc) is 2.45. The van der Waals surface area contributed by atoms with Crippen LogP contribution >= 0.6 is 15.9 Å². The van der Waals surface area contributed by atoms with Gasteiger partial charge in [0.25, 0.3) is 0 Å². The highest BCUT2D eigenvalue weighted by Crippen LogP contribution is 2.19. The smallest absolute Gasteiger partial charge is 0.164 e. The number of ketones is 2. The Balaban J connectivity index is 2.03. The summed E-state index contributed by atoms with van der Waals surface area (Å²) in [6.07, 6.45) is 0.473. The molecule has 2 aromatic rings. The van der Waals surface area contributed by atoms with Crippen LogP contribution in [0.25, 0.3) is 0 Å². The third-order valence-electron chi connectivity index (χ3n) is 3.20. The predicted molar refractivity (Wildman–Crippen MR) is 83.2 cm³/mol. The number of carbonyl (C=O) groups excluding carboxylic acids is 2. The number of hydrogen-bond acceptors (Lipinski definition) is 2. The van der Waals surface area contributed by atoms with Gasteiger partial charge in [-0.1, -0.05) is 58.4 Å². The van der Waals surface area contributed by atoms with Crippen LogP contribution in [-0.4, -0.2) is 11.6 Å². The van der Waals surface area contributed by atoms with Crippen molar-refractivity contribution in [3.05, 3.63) is 69.7 Å². The minimum Gasteiger partial charge on any atom is -0.294 e. The number of halogens is 1. The van der Waals surface area contributed by atoms with Gasteiger partial charge >= 0.3 is 0 Å². The summed E-state index contributed by atoms with van der Waals surface area (Å²) in [4.78, 5) is 24.2. The lowest BCUT2D eigenvalue weighted by molar-refractivity contribution is 0.0916. The molecule has 0 heterocycles. The van der Waals surface area contributed by atoms with Crippen LogP contribution in [0.15, 0.2) is 53.0 Å². The Hall–Kier alpha value is -1.74. The molecular formula is C17H15BrO2. The highest BCUT2D eigenvalue weighted by molar-refractivity contribution is 9.10. The van der Waals surface area contributed by atoms with Crippen molar-refractivity contribution in [2.24, 2.45) is 0 Å². The molecule has 0 aromatic heterocycles. The highest BCUT2D eigenvalue weighted by atomic mass is 79.9. The van der Waals surface area contributed by atoms with E-state index in [1.54, 1.807) is 12.1 Å². The van der Waals surface area contributed by atoms with E-state index in [-0.39, 0.29) is 24.4 Å². The van der Waals surface area contributed by atoms with E-state index < -0.39 is 0 Å². The van der Waals surface area contributed by atoms with Crippen LogP contribution in [0.3, 0.4) is 0 Å². The summed E-state index contributed by atoms with van der Waals surface area (Å²) >= 11 is 3.35. The number of carbonyl (C=O) groups is 2. The summed E-state index contributed by atoms with van der Waals surface area (Å²) < 4.78 is 0.772. The van der Waals surface area contributed by atoms with Crippen LogP contribution in [0.1, 0.15) is 39.1 Å². The van der Waals surface area contributed by atoms with Crippen molar-refractivity contribution in [2.75, 3.05) is 0 Å². The number of aryl methyl sites for hydroxylation is 1. The highest BCUT2D eigenvalue weighted by Gasteiger charge is 2.13. The first-order chi connectivity index (χ1) is 9.59. The van der Waals surface area contributed by atoms with Crippen LogP contribution in [0.4, 0.5) is 0 Å². The summed E-state index contributed by atoms with van der Waals surface area (Å²) in [7, 11) is 0. The lowest BCUT2D eigenvalue weighted by atomic mass is 9.99. The van der Waals surface area contributed by atoms with Crippen LogP contribution in [0.2, 0.25) is 0 Å². The van der Waals surface area contributed by atoms with Gasteiger partial charge in [-0.25, -0.2) is 0 Å². The molecule has 102 valence electrons. The molecule has 2 rings (SSSR count). The van der Waals surface area contributed by atoms with E-state index in [1.807, 2.05) is 43.3 Å². The van der Waals surface area contributed by atoms with Crippen molar-refractivity contribution in [1.82, 2.24) is 0 Å². The maximum Gasteiger partial charge on any atom is 0.164 e. The van der Waals surface area contributed by atoms with Gasteiger partial charge in [-0.05, 0) is 18.6 Å². The second-order valence-corrected chi connectivity index (χ2v) is 5.50. The Morgan fingerprint density at radius 3 is 1.95 bits per heavy atom. The first-order valence-corrected chi connectivity index (χ1v) is 7.25. The molecule has 0 fully saturated rings. The first-order valence-electron chi connectivity index (χ1n) is 6.46. The number of Topliss-reactive ketones (excluding diaryl/α,β-unsaturated/α-hetero) is 2. The Kier molecular flexibility index (Phi) is 4.85. The van der Waals surface area contributed by atoms with Gasteiger partial charge in [0.05, 0.1) is 0 Å². The molecule has 0 saturated carbocycles. The van der Waals surface area contributed by atoms with Gasteiger partial charge in [0, 0.05) is 28.4 Å². The molecule has 2 nitrogen and oxygen atoms in total. The van der Waals surface area contributed by atoms with E-state index in [2.05, 4.69) is 15.9 Å². The quantitative estimate of drug-likeness (QED) is 0.750. The van der Waals surface area contributed by atoms with Crippen LogP contribution in [0.5, 0.6) is 0 Å². The minimum absolute atomic E-state index is 0.0144. The van der Waals surface area contributed by atoms with Gasteiger partial charge in [0.2, 0.25) is 0 Å². The van der Waals surface area contributed by atoms with E-state index in [0.29, 0.717) is 11.1 Å². The van der Waals surface area contributed by atoms with E-state index in [0.717, 1.165) is 10.0 Å². The van der Waals surface area contributed by atoms with Crippen molar-refractivity contribution >= 4 is 27.5 Å². The zero-order valence-electron chi connectivity index (χ0n) is 11.2. The number of hydrogen-bond donors (Lipinski definition) is 0. The molecule has 0 radical (unpaired) electrons. The predicted octanol–water partition coefficient (Wildman–Crippen LogP) is 4.60. The summed E-state index contributed by atoms with van der Waals surface area (Å²) in [5.41, 5.74) is 2.28. The molecule has 0 N–H and O–H groups in total. The van der Waals surface area contributed by atoms with Gasteiger partial charge in [0.15, 0.2) is 11.6 Å². The van der Waals surface area contributed by atoms with Crippen molar-refractivity contribution in [3.63, 3.8) is 0 Å². The Labute approximate surface area is 127 Å². The zero-order valence-corrected chi connectivity index (χ0v) is 12.8. The SMILES string of the molecule is Cc1ccccc1C(=O)CCC(=O)c1ccccc1Br. The molecule has 0 aliphatic heterocycles. The summed E-state index contributed by atoms with van der Waals surface area (Å²) in [6.45, 7) is 1.91. The largest absolute Gasteiger partial charge is 0.294 e. The van der Waals surface area contributed by atoms with E-state index in [4.69, 9.17) is 0 Å². The molecule has 0 atom stereocenters. The summed E-state index contributed by atoms with van der Waals surface area (Å²) in [5, 5.41) is 0.